The smallest absolute Gasteiger partial charge is 0.312 e. The number of carbonyl (C=O) groups excluding carboxylic acids is 1. The Bertz CT molecular complexity index is 813. The van der Waals surface area contributed by atoms with E-state index in [1.165, 1.54) is 0 Å². The van der Waals surface area contributed by atoms with Crippen molar-refractivity contribution in [3.05, 3.63) is 41.5 Å². The number of carbonyl (C=O) groups is 1. The second kappa shape index (κ2) is 5.63. The quantitative estimate of drug-likeness (QED) is 0.638. The van der Waals surface area contributed by atoms with E-state index in [9.17, 15) is 4.79 Å². The van der Waals surface area contributed by atoms with Gasteiger partial charge in [-0.25, -0.2) is 0 Å². The maximum atomic E-state index is 12.0. The lowest BCUT2D eigenvalue weighted by Gasteiger charge is -2.25. The number of esters is 1. The van der Waals surface area contributed by atoms with Gasteiger partial charge in [-0.2, -0.15) is 0 Å². The van der Waals surface area contributed by atoms with E-state index < -0.39 is 0 Å². The molecule has 2 aliphatic rings. The van der Waals surface area contributed by atoms with Crippen LogP contribution in [0.3, 0.4) is 0 Å². The van der Waals surface area contributed by atoms with Crippen molar-refractivity contribution < 1.29 is 28.5 Å². The zero-order valence-electron chi connectivity index (χ0n) is 13.3. The summed E-state index contributed by atoms with van der Waals surface area (Å²) in [7, 11) is 3.15. The molecule has 0 N–H and O–H groups in total. The SMILES string of the molecule is COc1ccc2c(c1)OC(=O)C[C@H]2c1cc(OC)c2c(c1)OCO2. The van der Waals surface area contributed by atoms with Crippen LogP contribution in [0, 0.1) is 0 Å². The van der Waals surface area contributed by atoms with Crippen molar-refractivity contribution in [1.29, 1.82) is 0 Å². The lowest BCUT2D eigenvalue weighted by molar-refractivity contribution is -0.135. The summed E-state index contributed by atoms with van der Waals surface area (Å²) in [6.07, 6.45) is 0.252. The van der Waals surface area contributed by atoms with Crippen LogP contribution in [-0.2, 0) is 4.79 Å². The Kier molecular flexibility index (Phi) is 3.45. The number of methoxy groups -OCH3 is 2. The van der Waals surface area contributed by atoms with Gasteiger partial charge in [0.05, 0.1) is 20.6 Å². The van der Waals surface area contributed by atoms with Crippen LogP contribution < -0.4 is 23.7 Å². The van der Waals surface area contributed by atoms with Gasteiger partial charge in [-0.1, -0.05) is 6.07 Å². The highest BCUT2D eigenvalue weighted by molar-refractivity contribution is 5.78. The topological polar surface area (TPSA) is 63.2 Å². The molecule has 0 aliphatic carbocycles. The zero-order valence-corrected chi connectivity index (χ0v) is 13.3. The first kappa shape index (κ1) is 14.7. The average Bonchev–Trinajstić information content (AvgIpc) is 3.08. The van der Waals surface area contributed by atoms with Crippen LogP contribution in [0.4, 0.5) is 0 Å². The summed E-state index contributed by atoms with van der Waals surface area (Å²) in [5, 5.41) is 0. The second-order valence-corrected chi connectivity index (χ2v) is 5.59. The molecule has 0 spiro atoms. The summed E-state index contributed by atoms with van der Waals surface area (Å²) >= 11 is 0. The van der Waals surface area contributed by atoms with Crippen molar-refractivity contribution in [2.24, 2.45) is 0 Å². The van der Waals surface area contributed by atoms with Crippen LogP contribution >= 0.6 is 0 Å². The third kappa shape index (κ3) is 2.31. The van der Waals surface area contributed by atoms with Crippen molar-refractivity contribution in [3.8, 4) is 28.7 Å². The molecule has 2 aromatic rings. The van der Waals surface area contributed by atoms with Gasteiger partial charge in [0, 0.05) is 17.5 Å². The fraction of sp³-hybridized carbons (Fsp3) is 0.278. The number of benzene rings is 2. The van der Waals surface area contributed by atoms with Crippen LogP contribution in [0.25, 0.3) is 0 Å². The molecule has 0 radical (unpaired) electrons. The highest BCUT2D eigenvalue weighted by Crippen LogP contribution is 2.47. The van der Waals surface area contributed by atoms with E-state index in [4.69, 9.17) is 23.7 Å². The molecule has 6 heteroatoms. The third-order valence-corrected chi connectivity index (χ3v) is 4.27. The standard InChI is InChI=1S/C18H16O6/c1-20-11-3-4-12-13(8-17(19)24-14(12)7-11)10-5-15(21-2)18-16(6-10)22-9-23-18/h3-7,13H,8-9H2,1-2H3/t13-/m0/s1. The Morgan fingerprint density at radius 1 is 1.04 bits per heavy atom. The summed E-state index contributed by atoms with van der Waals surface area (Å²) in [5.41, 5.74) is 1.84. The normalized spacial score (nSPS) is 17.9. The third-order valence-electron chi connectivity index (χ3n) is 4.27. The summed E-state index contributed by atoms with van der Waals surface area (Å²) in [6, 6.07) is 9.27. The number of ether oxygens (including phenoxy) is 5. The first-order chi connectivity index (χ1) is 11.7. The molecule has 2 aliphatic heterocycles. The summed E-state index contributed by atoms with van der Waals surface area (Å²) in [5.74, 6) is 2.55. The molecule has 124 valence electrons. The Morgan fingerprint density at radius 3 is 2.71 bits per heavy atom. The molecule has 24 heavy (non-hydrogen) atoms. The van der Waals surface area contributed by atoms with Gasteiger partial charge in [-0.15, -0.1) is 0 Å². The van der Waals surface area contributed by atoms with Crippen molar-refractivity contribution in [2.75, 3.05) is 21.0 Å². The van der Waals surface area contributed by atoms with E-state index in [1.54, 1.807) is 20.3 Å². The minimum absolute atomic E-state index is 0.143. The van der Waals surface area contributed by atoms with E-state index in [1.807, 2.05) is 24.3 Å². The number of rotatable bonds is 3. The Labute approximate surface area is 138 Å². The molecule has 0 fully saturated rings. The molecule has 2 heterocycles. The van der Waals surface area contributed by atoms with Crippen LogP contribution in [0.1, 0.15) is 23.5 Å². The van der Waals surface area contributed by atoms with Gasteiger partial charge in [0.25, 0.3) is 0 Å². The molecule has 0 aromatic heterocycles. The van der Waals surface area contributed by atoms with E-state index in [0.29, 0.717) is 28.7 Å². The Balaban J connectivity index is 1.82. The first-order valence-electron chi connectivity index (χ1n) is 7.55. The number of hydrogen-bond donors (Lipinski definition) is 0. The van der Waals surface area contributed by atoms with Gasteiger partial charge in [0.1, 0.15) is 11.5 Å². The summed E-state index contributed by atoms with van der Waals surface area (Å²) < 4.78 is 26.9. The number of hydrogen-bond acceptors (Lipinski definition) is 6. The Hall–Kier alpha value is -2.89. The second-order valence-electron chi connectivity index (χ2n) is 5.59. The van der Waals surface area contributed by atoms with Crippen LogP contribution in [0.15, 0.2) is 30.3 Å². The molecule has 6 nitrogen and oxygen atoms in total. The predicted molar refractivity (Wildman–Crippen MR) is 84.2 cm³/mol. The van der Waals surface area contributed by atoms with E-state index in [0.717, 1.165) is 11.1 Å². The lowest BCUT2D eigenvalue weighted by atomic mass is 9.86. The lowest BCUT2D eigenvalue weighted by Crippen LogP contribution is -2.21. The summed E-state index contributed by atoms with van der Waals surface area (Å²) in [4.78, 5) is 12.0. The molecular formula is C18H16O6. The minimum Gasteiger partial charge on any atom is -0.497 e. The van der Waals surface area contributed by atoms with Crippen molar-refractivity contribution in [2.45, 2.75) is 12.3 Å². The molecule has 0 saturated carbocycles. The molecule has 4 rings (SSSR count). The average molecular weight is 328 g/mol. The molecule has 0 saturated heterocycles. The molecule has 0 unspecified atom stereocenters. The molecular weight excluding hydrogens is 312 g/mol. The fourth-order valence-electron chi connectivity index (χ4n) is 3.11. The van der Waals surface area contributed by atoms with Crippen molar-refractivity contribution in [3.63, 3.8) is 0 Å². The van der Waals surface area contributed by atoms with E-state index >= 15 is 0 Å². The largest absolute Gasteiger partial charge is 0.497 e. The minimum atomic E-state index is -0.280. The maximum absolute atomic E-state index is 12.0. The van der Waals surface area contributed by atoms with Crippen LogP contribution in [-0.4, -0.2) is 27.0 Å². The summed E-state index contributed by atoms with van der Waals surface area (Å²) in [6.45, 7) is 0.162. The number of fused-ring (bicyclic) bond motifs is 2. The molecule has 0 bridgehead atoms. The van der Waals surface area contributed by atoms with Gasteiger partial charge in [0.15, 0.2) is 11.5 Å². The monoisotopic (exact) mass is 328 g/mol. The molecule has 1 atom stereocenters. The van der Waals surface area contributed by atoms with E-state index in [-0.39, 0.29) is 25.1 Å². The van der Waals surface area contributed by atoms with Gasteiger partial charge in [-0.3, -0.25) is 4.79 Å². The highest BCUT2D eigenvalue weighted by Gasteiger charge is 2.31. The van der Waals surface area contributed by atoms with Crippen molar-refractivity contribution >= 4 is 5.97 Å². The fourth-order valence-corrected chi connectivity index (χ4v) is 3.11. The van der Waals surface area contributed by atoms with Crippen molar-refractivity contribution in [1.82, 2.24) is 0 Å². The van der Waals surface area contributed by atoms with Gasteiger partial charge < -0.3 is 23.7 Å². The predicted octanol–water partition coefficient (Wildman–Crippen LogP) is 2.87. The Morgan fingerprint density at radius 2 is 1.92 bits per heavy atom. The van der Waals surface area contributed by atoms with Gasteiger partial charge in [-0.05, 0) is 23.8 Å². The van der Waals surface area contributed by atoms with E-state index in [2.05, 4.69) is 0 Å². The first-order valence-corrected chi connectivity index (χ1v) is 7.55. The van der Waals surface area contributed by atoms with Crippen LogP contribution in [0.2, 0.25) is 0 Å². The molecule has 0 amide bonds. The van der Waals surface area contributed by atoms with Gasteiger partial charge >= 0.3 is 5.97 Å². The highest BCUT2D eigenvalue weighted by atomic mass is 16.7. The maximum Gasteiger partial charge on any atom is 0.312 e. The zero-order chi connectivity index (χ0) is 16.7. The van der Waals surface area contributed by atoms with Gasteiger partial charge in [0.2, 0.25) is 12.5 Å². The van der Waals surface area contributed by atoms with Crippen LogP contribution in [0.5, 0.6) is 28.7 Å². The molecule has 2 aromatic carbocycles.